The molecule has 0 bridgehead atoms. The molecule has 128 valence electrons. The van der Waals surface area contributed by atoms with Gasteiger partial charge in [-0.2, -0.15) is 0 Å². The van der Waals surface area contributed by atoms with Gasteiger partial charge in [0.15, 0.2) is 0 Å². The third-order valence-electron chi connectivity index (χ3n) is 3.27. The van der Waals surface area contributed by atoms with Crippen LogP contribution in [0, 0.1) is 0 Å². The first-order valence-electron chi connectivity index (χ1n) is 7.81. The molecule has 1 atom stereocenters. The molecular weight excluding hydrogens is 308 g/mol. The third kappa shape index (κ3) is 7.37. The molecule has 0 amide bonds. The highest BCUT2D eigenvalue weighted by atomic mass is 16.6. The van der Waals surface area contributed by atoms with Crippen molar-refractivity contribution in [3.63, 3.8) is 0 Å². The maximum atomic E-state index is 10.6. The minimum absolute atomic E-state index is 0.175. The van der Waals surface area contributed by atoms with Crippen LogP contribution in [0.3, 0.4) is 0 Å². The number of carboxylic acids is 1. The fraction of sp³-hybridized carbons (Fsp3) is 0.316. The van der Waals surface area contributed by atoms with Crippen molar-refractivity contribution in [1.82, 2.24) is 0 Å². The topological polar surface area (TPSA) is 65.0 Å². The van der Waals surface area contributed by atoms with Gasteiger partial charge in [0.1, 0.15) is 12.7 Å². The van der Waals surface area contributed by atoms with Crippen LogP contribution in [0.4, 0.5) is 0 Å². The van der Waals surface area contributed by atoms with Gasteiger partial charge in [-0.05, 0) is 11.1 Å². The van der Waals surface area contributed by atoms with Gasteiger partial charge in [-0.3, -0.25) is 0 Å². The summed E-state index contributed by atoms with van der Waals surface area (Å²) < 4.78 is 16.6. The zero-order valence-electron chi connectivity index (χ0n) is 13.5. The Hall–Kier alpha value is -2.21. The minimum Gasteiger partial charge on any atom is -0.480 e. The van der Waals surface area contributed by atoms with E-state index in [1.807, 2.05) is 60.7 Å². The lowest BCUT2D eigenvalue weighted by Crippen LogP contribution is -2.27. The Bertz CT molecular complexity index is 585. The fourth-order valence-corrected chi connectivity index (χ4v) is 2.09. The highest BCUT2D eigenvalue weighted by molar-refractivity contribution is 5.67. The molecule has 0 radical (unpaired) electrons. The highest BCUT2D eigenvalue weighted by Crippen LogP contribution is 2.07. The molecule has 24 heavy (non-hydrogen) atoms. The van der Waals surface area contributed by atoms with Crippen LogP contribution in [0.5, 0.6) is 0 Å². The first-order valence-corrected chi connectivity index (χ1v) is 7.81. The maximum Gasteiger partial charge on any atom is 0.329 e. The van der Waals surface area contributed by atoms with E-state index in [4.69, 9.17) is 19.3 Å². The van der Waals surface area contributed by atoms with Crippen molar-refractivity contribution in [1.29, 1.82) is 0 Å². The van der Waals surface area contributed by atoms with Gasteiger partial charge in [-0.15, -0.1) is 0 Å². The van der Waals surface area contributed by atoms with Crippen molar-refractivity contribution in [2.75, 3.05) is 19.8 Å². The lowest BCUT2D eigenvalue weighted by Gasteiger charge is -2.18. The maximum absolute atomic E-state index is 10.6. The molecule has 5 nitrogen and oxygen atoms in total. The number of carboxylic acid groups (broad SMARTS) is 1. The third-order valence-corrected chi connectivity index (χ3v) is 3.27. The molecular formula is C19H22O5. The van der Waals surface area contributed by atoms with Gasteiger partial charge in [-0.25, -0.2) is 4.79 Å². The molecule has 0 heterocycles. The van der Waals surface area contributed by atoms with E-state index in [1.165, 1.54) is 0 Å². The van der Waals surface area contributed by atoms with E-state index in [0.29, 0.717) is 19.8 Å². The number of hydrogen-bond acceptors (Lipinski definition) is 4. The van der Waals surface area contributed by atoms with Crippen molar-refractivity contribution in [3.05, 3.63) is 71.8 Å². The molecule has 0 saturated carbocycles. The number of aliphatic carboxylic acids is 1. The lowest BCUT2D eigenvalue weighted by atomic mass is 10.2. The lowest BCUT2D eigenvalue weighted by molar-refractivity contribution is -0.145. The van der Waals surface area contributed by atoms with Gasteiger partial charge in [0.25, 0.3) is 0 Å². The Balaban J connectivity index is 1.78. The van der Waals surface area contributed by atoms with Crippen molar-refractivity contribution in [3.8, 4) is 0 Å². The molecule has 1 unspecified atom stereocenters. The molecule has 0 fully saturated rings. The highest BCUT2D eigenvalue weighted by Gasteiger charge is 2.12. The van der Waals surface area contributed by atoms with Crippen LogP contribution in [0.25, 0.3) is 0 Å². The number of hydrogen-bond donors (Lipinski definition) is 1. The van der Waals surface area contributed by atoms with Crippen molar-refractivity contribution < 1.29 is 24.1 Å². The Labute approximate surface area is 141 Å². The molecule has 2 aromatic rings. The van der Waals surface area contributed by atoms with Gasteiger partial charge in [0, 0.05) is 0 Å². The summed E-state index contributed by atoms with van der Waals surface area (Å²) in [5.74, 6) is -0.998. The molecule has 0 aromatic heterocycles. The van der Waals surface area contributed by atoms with Crippen LogP contribution in [0.2, 0.25) is 0 Å². The average Bonchev–Trinajstić information content (AvgIpc) is 2.61. The Morgan fingerprint density at radius 1 is 0.833 bits per heavy atom. The van der Waals surface area contributed by atoms with E-state index < -0.39 is 5.97 Å². The summed E-state index contributed by atoms with van der Waals surface area (Å²) in [6.45, 7) is 1.07. The number of ether oxygens (including phenoxy) is 3. The predicted molar refractivity (Wildman–Crippen MR) is 89.6 cm³/mol. The molecule has 0 aliphatic heterocycles. The van der Waals surface area contributed by atoms with Crippen molar-refractivity contribution in [2.45, 2.75) is 19.3 Å². The first-order chi connectivity index (χ1) is 11.7. The largest absolute Gasteiger partial charge is 0.480 e. The van der Waals surface area contributed by atoms with Crippen LogP contribution < -0.4 is 0 Å². The summed E-state index contributed by atoms with van der Waals surface area (Å²) in [5, 5.41) is 8.66. The van der Waals surface area contributed by atoms with E-state index in [1.54, 1.807) is 0 Å². The van der Waals surface area contributed by atoms with E-state index >= 15 is 0 Å². The summed E-state index contributed by atoms with van der Waals surface area (Å²) in [6.07, 6.45) is -0.326. The van der Waals surface area contributed by atoms with Crippen molar-refractivity contribution >= 4 is 5.97 Å². The quantitative estimate of drug-likeness (QED) is 0.686. The van der Waals surface area contributed by atoms with Crippen LogP contribution in [0.1, 0.15) is 11.1 Å². The summed E-state index contributed by atoms with van der Waals surface area (Å²) in [5.41, 5.74) is 2.12. The molecule has 0 aliphatic rings. The van der Waals surface area contributed by atoms with E-state index in [9.17, 15) is 4.79 Å². The summed E-state index contributed by atoms with van der Waals surface area (Å²) in [7, 11) is 0. The molecule has 2 aromatic carbocycles. The molecule has 0 aliphatic carbocycles. The van der Waals surface area contributed by atoms with E-state index in [2.05, 4.69) is 0 Å². The normalized spacial score (nSPS) is 12.0. The molecule has 1 N–H and O–H groups in total. The van der Waals surface area contributed by atoms with Gasteiger partial charge in [0.05, 0.1) is 26.4 Å². The first kappa shape index (κ1) is 18.1. The Kier molecular flexibility index (Phi) is 7.97. The van der Waals surface area contributed by atoms with Crippen LogP contribution in [-0.4, -0.2) is 37.0 Å². The Morgan fingerprint density at radius 2 is 1.38 bits per heavy atom. The second kappa shape index (κ2) is 10.5. The standard InChI is InChI=1S/C19H22O5/c20-19(21)15-23-14-18(24-12-17-9-5-2-6-10-17)13-22-11-16-7-3-1-4-8-16/h1-10,18H,11-15H2,(H,20,21). The zero-order valence-corrected chi connectivity index (χ0v) is 13.5. The predicted octanol–water partition coefficient (Wildman–Crippen LogP) is 2.89. The summed E-state index contributed by atoms with van der Waals surface area (Å²) in [6, 6.07) is 19.6. The van der Waals surface area contributed by atoms with Crippen LogP contribution in [-0.2, 0) is 32.2 Å². The summed E-state index contributed by atoms with van der Waals surface area (Å²) >= 11 is 0. The minimum atomic E-state index is -0.998. The molecule has 0 spiro atoms. The van der Waals surface area contributed by atoms with Crippen LogP contribution in [0.15, 0.2) is 60.7 Å². The van der Waals surface area contributed by atoms with Gasteiger partial charge >= 0.3 is 5.97 Å². The molecule has 0 saturated heterocycles. The summed E-state index contributed by atoms with van der Waals surface area (Å²) in [4.78, 5) is 10.6. The van der Waals surface area contributed by atoms with E-state index in [0.717, 1.165) is 11.1 Å². The van der Waals surface area contributed by atoms with E-state index in [-0.39, 0.29) is 19.3 Å². The molecule has 5 heteroatoms. The number of carbonyl (C=O) groups is 1. The second-order valence-corrected chi connectivity index (χ2v) is 5.33. The van der Waals surface area contributed by atoms with Gasteiger partial charge < -0.3 is 19.3 Å². The van der Waals surface area contributed by atoms with Gasteiger partial charge in [-0.1, -0.05) is 60.7 Å². The average molecular weight is 330 g/mol. The monoisotopic (exact) mass is 330 g/mol. The van der Waals surface area contributed by atoms with Gasteiger partial charge in [0.2, 0.25) is 0 Å². The van der Waals surface area contributed by atoms with Crippen LogP contribution >= 0.6 is 0 Å². The smallest absolute Gasteiger partial charge is 0.329 e. The fourth-order valence-electron chi connectivity index (χ4n) is 2.09. The number of rotatable bonds is 11. The Morgan fingerprint density at radius 3 is 1.96 bits per heavy atom. The zero-order chi connectivity index (χ0) is 17.0. The van der Waals surface area contributed by atoms with Crippen molar-refractivity contribution in [2.24, 2.45) is 0 Å². The molecule has 2 rings (SSSR count). The number of benzene rings is 2. The second-order valence-electron chi connectivity index (χ2n) is 5.33. The SMILES string of the molecule is O=C(O)COCC(COCc1ccccc1)OCc1ccccc1.